The van der Waals surface area contributed by atoms with Crippen LogP contribution >= 0.6 is 0 Å². The Morgan fingerprint density at radius 3 is 1.93 bits per heavy atom. The fraction of sp³-hybridized carbons (Fsp3) is 0.148. The Labute approximate surface area is 338 Å². The minimum atomic E-state index is -0.101. The molecule has 0 saturated carbocycles. The van der Waals surface area contributed by atoms with E-state index in [4.69, 9.17) is 4.42 Å². The van der Waals surface area contributed by atoms with Crippen molar-refractivity contribution < 1.29 is 4.42 Å². The van der Waals surface area contributed by atoms with E-state index in [1.54, 1.807) is 0 Å². The third kappa shape index (κ3) is 4.00. The fourth-order valence-corrected chi connectivity index (χ4v) is 10.9. The van der Waals surface area contributed by atoms with Gasteiger partial charge in [0.05, 0.1) is 11.0 Å². The molecule has 0 amide bonds. The average molecular weight is 745 g/mol. The summed E-state index contributed by atoms with van der Waals surface area (Å²) in [5.74, 6) is 0. The maximum Gasteiger partial charge on any atom is 0.333 e. The van der Waals surface area contributed by atoms with E-state index in [1.165, 1.54) is 110 Å². The zero-order valence-electron chi connectivity index (χ0n) is 33.7. The van der Waals surface area contributed by atoms with Crippen LogP contribution < -0.4 is 15.7 Å². The summed E-state index contributed by atoms with van der Waals surface area (Å²) in [6.07, 6.45) is 0. The molecule has 0 fully saturated rings. The van der Waals surface area contributed by atoms with Crippen molar-refractivity contribution in [2.24, 2.45) is 0 Å². The van der Waals surface area contributed by atoms with Gasteiger partial charge in [0.2, 0.25) is 0 Å². The molecular weight excluding hydrogens is 703 g/mol. The third-order valence-corrected chi connectivity index (χ3v) is 13.6. The van der Waals surface area contributed by atoms with Gasteiger partial charge in [-0.25, -0.2) is 0 Å². The van der Waals surface area contributed by atoms with Crippen molar-refractivity contribution in [3.05, 3.63) is 151 Å². The number of hydrogen-bond acceptors (Lipinski definition) is 2. The molecular formula is C54H41BN2O. The van der Waals surface area contributed by atoms with Gasteiger partial charge in [-0.05, 0) is 108 Å². The number of rotatable bonds is 1. The molecule has 2 aromatic heterocycles. The highest BCUT2D eigenvalue weighted by Gasteiger charge is 2.46. The zero-order valence-corrected chi connectivity index (χ0v) is 33.7. The molecule has 0 atom stereocenters. The van der Waals surface area contributed by atoms with Gasteiger partial charge >= 0.3 is 6.85 Å². The second kappa shape index (κ2) is 10.7. The molecule has 0 N–H and O–H groups in total. The lowest BCUT2D eigenvalue weighted by molar-refractivity contribution is 0.590. The molecule has 3 nitrogen and oxygen atoms in total. The van der Waals surface area contributed by atoms with E-state index in [0.717, 1.165) is 16.6 Å². The molecule has 3 aliphatic rings. The van der Waals surface area contributed by atoms with Gasteiger partial charge in [0.15, 0.2) is 0 Å². The van der Waals surface area contributed by atoms with Gasteiger partial charge in [-0.2, -0.15) is 0 Å². The van der Waals surface area contributed by atoms with Gasteiger partial charge in [-0.1, -0.05) is 139 Å². The monoisotopic (exact) mass is 744 g/mol. The smallest absolute Gasteiger partial charge is 0.333 e. The predicted molar refractivity (Wildman–Crippen MR) is 246 cm³/mol. The summed E-state index contributed by atoms with van der Waals surface area (Å²) in [6, 6.07) is 53.0. The van der Waals surface area contributed by atoms with Gasteiger partial charge in [0.25, 0.3) is 0 Å². The Morgan fingerprint density at radius 1 is 0.500 bits per heavy atom. The van der Waals surface area contributed by atoms with Crippen LogP contribution in [0.2, 0.25) is 0 Å². The number of aromatic nitrogens is 1. The van der Waals surface area contributed by atoms with Crippen molar-refractivity contribution >= 4 is 83.7 Å². The second-order valence-corrected chi connectivity index (χ2v) is 18.9. The molecule has 10 aromatic rings. The predicted octanol–water partition coefficient (Wildman–Crippen LogP) is 13.3. The van der Waals surface area contributed by atoms with Crippen LogP contribution in [0.4, 0.5) is 11.4 Å². The molecule has 276 valence electrons. The number of benzene rings is 8. The van der Waals surface area contributed by atoms with E-state index >= 15 is 0 Å². The van der Waals surface area contributed by atoms with Crippen LogP contribution in [0.3, 0.4) is 0 Å². The van der Waals surface area contributed by atoms with E-state index in [-0.39, 0.29) is 17.7 Å². The van der Waals surface area contributed by atoms with Crippen molar-refractivity contribution in [3.8, 4) is 39.1 Å². The van der Waals surface area contributed by atoms with Gasteiger partial charge in [0.1, 0.15) is 11.2 Å². The molecule has 58 heavy (non-hydrogen) atoms. The first-order valence-electron chi connectivity index (χ1n) is 20.7. The summed E-state index contributed by atoms with van der Waals surface area (Å²) in [4.78, 5) is 2.66. The molecule has 0 bridgehead atoms. The molecule has 0 spiro atoms. The maximum absolute atomic E-state index is 6.91. The van der Waals surface area contributed by atoms with Crippen molar-refractivity contribution in [2.45, 2.75) is 52.4 Å². The van der Waals surface area contributed by atoms with Gasteiger partial charge in [0, 0.05) is 50.2 Å². The SMILES string of the molecule is CC(C)(C)c1ccc(N2B3c4c(cc5oc6ccccc6c5c4-c4cc(C(C)(C)C)ccc42)-n2c4cccc5c4c4c6c(cccc6cc3c42)-c2ccccc2-5)cc1. The highest BCUT2D eigenvalue weighted by Crippen LogP contribution is 2.53. The number of furan rings is 1. The van der Waals surface area contributed by atoms with Gasteiger partial charge in [-0.15, -0.1) is 0 Å². The van der Waals surface area contributed by atoms with Crippen molar-refractivity contribution in [2.75, 3.05) is 4.81 Å². The largest absolute Gasteiger partial charge is 0.456 e. The number of para-hydroxylation sites is 1. The van der Waals surface area contributed by atoms with Gasteiger partial charge in [-0.3, -0.25) is 0 Å². The Kier molecular flexibility index (Phi) is 6.01. The first-order chi connectivity index (χ1) is 28.1. The molecule has 0 unspecified atom stereocenters. The normalized spacial score (nSPS) is 14.0. The summed E-state index contributed by atoms with van der Waals surface area (Å²) in [5.41, 5.74) is 21.0. The lowest BCUT2D eigenvalue weighted by Crippen LogP contribution is -2.60. The Morgan fingerprint density at radius 2 is 1.17 bits per heavy atom. The lowest BCUT2D eigenvalue weighted by Gasteiger charge is -2.43. The van der Waals surface area contributed by atoms with Crippen LogP contribution in [-0.4, -0.2) is 11.4 Å². The molecule has 2 aliphatic heterocycles. The molecule has 0 radical (unpaired) electrons. The standard InChI is InChI=1S/C54H41BN2O/c1-53(2,3)31-21-24-33(25-22-31)57-41-26-23-32(54(4,5)6)28-39(41)49-48-38-16-9-10-20-44(38)58-45(48)29-43-51(49)55(57)40-27-30-13-11-17-36-34-14-7-8-15-35(34)37-18-12-19-42-47(37)50(46(30)36)52(40)56(42)43/h7-29H,1-6H3. The first-order valence-corrected chi connectivity index (χ1v) is 20.7. The van der Waals surface area contributed by atoms with E-state index in [1.807, 2.05) is 0 Å². The van der Waals surface area contributed by atoms with Crippen LogP contribution in [0.1, 0.15) is 52.7 Å². The van der Waals surface area contributed by atoms with E-state index in [9.17, 15) is 0 Å². The highest BCUT2D eigenvalue weighted by atomic mass is 16.3. The third-order valence-electron chi connectivity index (χ3n) is 13.6. The number of hydrogen-bond donors (Lipinski definition) is 0. The number of fused-ring (bicyclic) bond motifs is 12. The summed E-state index contributed by atoms with van der Waals surface area (Å²) in [6.45, 7) is 13.8. The summed E-state index contributed by atoms with van der Waals surface area (Å²) in [5, 5.41) is 7.65. The second-order valence-electron chi connectivity index (χ2n) is 18.9. The van der Waals surface area contributed by atoms with Crippen LogP contribution in [0, 0.1) is 0 Å². The average Bonchev–Trinajstić information content (AvgIpc) is 3.74. The first kappa shape index (κ1) is 32.6. The quantitative estimate of drug-likeness (QED) is 0.156. The Hall–Kier alpha value is -6.52. The van der Waals surface area contributed by atoms with Crippen molar-refractivity contribution in [1.82, 2.24) is 4.57 Å². The highest BCUT2D eigenvalue weighted by molar-refractivity contribution is 6.94. The van der Waals surface area contributed by atoms with Crippen molar-refractivity contribution in [3.63, 3.8) is 0 Å². The van der Waals surface area contributed by atoms with Crippen LogP contribution in [0.5, 0.6) is 0 Å². The maximum atomic E-state index is 6.91. The fourth-order valence-electron chi connectivity index (χ4n) is 10.9. The van der Waals surface area contributed by atoms with Crippen LogP contribution in [-0.2, 0) is 10.8 Å². The minimum Gasteiger partial charge on any atom is -0.456 e. The summed E-state index contributed by atoms with van der Waals surface area (Å²) >= 11 is 0. The zero-order chi connectivity index (χ0) is 39.0. The topological polar surface area (TPSA) is 21.3 Å². The number of anilines is 2. The summed E-state index contributed by atoms with van der Waals surface area (Å²) < 4.78 is 9.51. The van der Waals surface area contributed by atoms with E-state index in [2.05, 4.69) is 190 Å². The molecule has 8 aromatic carbocycles. The lowest BCUT2D eigenvalue weighted by atomic mass is 9.43. The molecule has 1 aliphatic carbocycles. The van der Waals surface area contributed by atoms with E-state index in [0.29, 0.717) is 0 Å². The van der Waals surface area contributed by atoms with Crippen molar-refractivity contribution in [1.29, 1.82) is 0 Å². The Bertz CT molecular complexity index is 3480. The van der Waals surface area contributed by atoms with Crippen LogP contribution in [0.25, 0.3) is 93.6 Å². The number of nitrogens with zero attached hydrogens (tertiary/aromatic N) is 2. The Balaban J connectivity index is 1.27. The molecule has 4 heterocycles. The van der Waals surface area contributed by atoms with E-state index < -0.39 is 0 Å². The summed E-state index contributed by atoms with van der Waals surface area (Å²) in [7, 11) is 0. The van der Waals surface area contributed by atoms with Gasteiger partial charge < -0.3 is 13.8 Å². The minimum absolute atomic E-state index is 0.0377. The molecule has 4 heteroatoms. The molecule has 13 rings (SSSR count). The van der Waals surface area contributed by atoms with Crippen LogP contribution in [0.15, 0.2) is 144 Å². The molecule has 0 saturated heterocycles.